The number of fused-ring (bicyclic) bond motifs is 1. The van der Waals surface area contributed by atoms with Crippen molar-refractivity contribution in [2.24, 2.45) is 0 Å². The molecule has 1 aromatic rings. The number of hydrogen-bond donors (Lipinski definition) is 1. The van der Waals surface area contributed by atoms with Gasteiger partial charge in [0.1, 0.15) is 0 Å². The molecule has 0 atom stereocenters. The van der Waals surface area contributed by atoms with E-state index in [1.807, 2.05) is 14.1 Å². The lowest BCUT2D eigenvalue weighted by atomic mass is 10.00. The molecule has 2 rings (SSSR count). The van der Waals surface area contributed by atoms with E-state index in [2.05, 4.69) is 39.4 Å². The van der Waals surface area contributed by atoms with Crippen LogP contribution in [0, 0.1) is 0 Å². The zero-order valence-corrected chi connectivity index (χ0v) is 12.6. The van der Waals surface area contributed by atoms with Crippen LogP contribution in [0.15, 0.2) is 24.3 Å². The second-order valence-corrected chi connectivity index (χ2v) is 5.74. The molecule has 0 saturated heterocycles. The van der Waals surface area contributed by atoms with E-state index >= 15 is 0 Å². The number of carbonyl (C=O) groups is 1. The highest BCUT2D eigenvalue weighted by molar-refractivity contribution is 5.78. The minimum atomic E-state index is 0.142. The molecule has 1 aromatic carbocycles. The van der Waals surface area contributed by atoms with Crippen molar-refractivity contribution in [2.45, 2.75) is 19.4 Å². The van der Waals surface area contributed by atoms with Gasteiger partial charge in [-0.3, -0.25) is 9.69 Å². The predicted molar refractivity (Wildman–Crippen MR) is 81.6 cm³/mol. The molecule has 0 fully saturated rings. The van der Waals surface area contributed by atoms with Crippen molar-refractivity contribution in [3.05, 3.63) is 35.4 Å². The van der Waals surface area contributed by atoms with Crippen LogP contribution >= 0.6 is 0 Å². The van der Waals surface area contributed by atoms with Crippen LogP contribution in [0.2, 0.25) is 0 Å². The van der Waals surface area contributed by atoms with Gasteiger partial charge in [-0.05, 0) is 44.6 Å². The van der Waals surface area contributed by atoms with E-state index in [1.165, 1.54) is 11.1 Å². The maximum absolute atomic E-state index is 11.9. The number of hydrogen-bond acceptors (Lipinski definition) is 3. The third-order valence-electron chi connectivity index (χ3n) is 3.68. The molecule has 4 heteroatoms. The highest BCUT2D eigenvalue weighted by Crippen LogP contribution is 2.17. The highest BCUT2D eigenvalue weighted by Gasteiger charge is 2.17. The first kappa shape index (κ1) is 15.0. The van der Waals surface area contributed by atoms with E-state index in [0.717, 1.165) is 39.0 Å². The maximum atomic E-state index is 11.9. The minimum Gasteiger partial charge on any atom is -0.355 e. The summed E-state index contributed by atoms with van der Waals surface area (Å²) in [6.45, 7) is 4.15. The van der Waals surface area contributed by atoms with Crippen LogP contribution in [-0.2, 0) is 17.8 Å². The van der Waals surface area contributed by atoms with E-state index in [-0.39, 0.29) is 5.91 Å². The molecule has 1 aliphatic rings. The average Bonchev–Trinajstić information content (AvgIpc) is 2.43. The van der Waals surface area contributed by atoms with Gasteiger partial charge in [0, 0.05) is 19.6 Å². The molecule has 1 aliphatic heterocycles. The molecular weight excluding hydrogens is 250 g/mol. The van der Waals surface area contributed by atoms with E-state index in [4.69, 9.17) is 0 Å². The monoisotopic (exact) mass is 275 g/mol. The van der Waals surface area contributed by atoms with Crippen LogP contribution in [0.3, 0.4) is 0 Å². The third-order valence-corrected chi connectivity index (χ3v) is 3.68. The van der Waals surface area contributed by atoms with Gasteiger partial charge in [0.15, 0.2) is 0 Å². The molecule has 0 unspecified atom stereocenters. The number of amides is 1. The molecule has 0 radical (unpaired) electrons. The van der Waals surface area contributed by atoms with Gasteiger partial charge in [-0.1, -0.05) is 24.3 Å². The van der Waals surface area contributed by atoms with Crippen molar-refractivity contribution in [1.29, 1.82) is 0 Å². The molecule has 4 nitrogen and oxygen atoms in total. The quantitative estimate of drug-likeness (QED) is 0.790. The van der Waals surface area contributed by atoms with Crippen molar-refractivity contribution < 1.29 is 4.79 Å². The van der Waals surface area contributed by atoms with Crippen molar-refractivity contribution in [1.82, 2.24) is 15.1 Å². The Hall–Kier alpha value is -1.39. The van der Waals surface area contributed by atoms with Crippen molar-refractivity contribution >= 4 is 5.91 Å². The van der Waals surface area contributed by atoms with Gasteiger partial charge in [0.25, 0.3) is 0 Å². The molecule has 0 aromatic heterocycles. The lowest BCUT2D eigenvalue weighted by Crippen LogP contribution is -2.40. The molecule has 0 saturated carbocycles. The first-order chi connectivity index (χ1) is 9.65. The van der Waals surface area contributed by atoms with Crippen LogP contribution in [0.1, 0.15) is 17.5 Å². The van der Waals surface area contributed by atoms with Gasteiger partial charge >= 0.3 is 0 Å². The van der Waals surface area contributed by atoms with Crippen molar-refractivity contribution in [3.63, 3.8) is 0 Å². The Labute approximate surface area is 121 Å². The smallest absolute Gasteiger partial charge is 0.234 e. The number of rotatable bonds is 6. The van der Waals surface area contributed by atoms with E-state index in [9.17, 15) is 4.79 Å². The number of benzene rings is 1. The summed E-state index contributed by atoms with van der Waals surface area (Å²) < 4.78 is 0. The predicted octanol–water partition coefficient (Wildman–Crippen LogP) is 1.11. The fourth-order valence-corrected chi connectivity index (χ4v) is 2.57. The van der Waals surface area contributed by atoms with E-state index < -0.39 is 0 Å². The second-order valence-electron chi connectivity index (χ2n) is 5.74. The van der Waals surface area contributed by atoms with Gasteiger partial charge < -0.3 is 10.2 Å². The summed E-state index contributed by atoms with van der Waals surface area (Å²) in [5.74, 6) is 0.142. The average molecular weight is 275 g/mol. The van der Waals surface area contributed by atoms with Crippen LogP contribution in [0.5, 0.6) is 0 Å². The maximum Gasteiger partial charge on any atom is 0.234 e. The Balaban J connectivity index is 1.71. The Morgan fingerprint density at radius 3 is 2.80 bits per heavy atom. The summed E-state index contributed by atoms with van der Waals surface area (Å²) in [7, 11) is 4.10. The highest BCUT2D eigenvalue weighted by atomic mass is 16.2. The summed E-state index contributed by atoms with van der Waals surface area (Å²) in [6.07, 6.45) is 2.05. The topological polar surface area (TPSA) is 35.6 Å². The lowest BCUT2D eigenvalue weighted by molar-refractivity contribution is -0.122. The van der Waals surface area contributed by atoms with Gasteiger partial charge in [-0.15, -0.1) is 0 Å². The number of nitrogens with one attached hydrogen (secondary N) is 1. The zero-order chi connectivity index (χ0) is 14.4. The molecule has 0 spiro atoms. The Morgan fingerprint density at radius 1 is 1.30 bits per heavy atom. The number of carbonyl (C=O) groups excluding carboxylic acids is 1. The van der Waals surface area contributed by atoms with Crippen LogP contribution in [0.25, 0.3) is 0 Å². The van der Waals surface area contributed by atoms with Gasteiger partial charge in [-0.2, -0.15) is 0 Å². The fraction of sp³-hybridized carbons (Fsp3) is 0.562. The zero-order valence-electron chi connectivity index (χ0n) is 12.6. The summed E-state index contributed by atoms with van der Waals surface area (Å²) in [4.78, 5) is 16.3. The van der Waals surface area contributed by atoms with Crippen LogP contribution in [-0.4, -0.2) is 56.0 Å². The molecule has 110 valence electrons. The molecule has 0 aliphatic carbocycles. The fourth-order valence-electron chi connectivity index (χ4n) is 2.57. The molecule has 20 heavy (non-hydrogen) atoms. The van der Waals surface area contributed by atoms with Gasteiger partial charge in [-0.25, -0.2) is 0 Å². The lowest BCUT2D eigenvalue weighted by Gasteiger charge is -2.28. The molecule has 1 heterocycles. The molecular formula is C16H25N3O. The second kappa shape index (κ2) is 7.41. The van der Waals surface area contributed by atoms with Gasteiger partial charge in [0.05, 0.1) is 6.54 Å². The van der Waals surface area contributed by atoms with Crippen molar-refractivity contribution in [2.75, 3.05) is 40.3 Å². The van der Waals surface area contributed by atoms with Crippen molar-refractivity contribution in [3.8, 4) is 0 Å². The Morgan fingerprint density at radius 2 is 2.05 bits per heavy atom. The normalized spacial score (nSPS) is 15.2. The SMILES string of the molecule is CN(C)CCCNC(=O)CN1CCc2ccccc2C1. The third kappa shape index (κ3) is 4.62. The van der Waals surface area contributed by atoms with Gasteiger partial charge in [0.2, 0.25) is 5.91 Å². The largest absolute Gasteiger partial charge is 0.355 e. The van der Waals surface area contributed by atoms with E-state index in [0.29, 0.717) is 6.54 Å². The Bertz CT molecular complexity index is 445. The molecule has 1 amide bonds. The molecule has 1 N–H and O–H groups in total. The first-order valence-electron chi connectivity index (χ1n) is 7.36. The van der Waals surface area contributed by atoms with Crippen LogP contribution in [0.4, 0.5) is 0 Å². The Kier molecular flexibility index (Phi) is 5.56. The summed E-state index contributed by atoms with van der Waals surface area (Å²) in [5, 5.41) is 3.00. The number of nitrogens with zero attached hydrogens (tertiary/aromatic N) is 2. The summed E-state index contributed by atoms with van der Waals surface area (Å²) in [5.41, 5.74) is 2.79. The summed E-state index contributed by atoms with van der Waals surface area (Å²) in [6, 6.07) is 8.51. The van der Waals surface area contributed by atoms with E-state index in [1.54, 1.807) is 0 Å². The molecule has 0 bridgehead atoms. The standard InChI is InChI=1S/C16H25N3O/c1-18(2)10-5-9-17-16(20)13-19-11-8-14-6-3-4-7-15(14)12-19/h3-4,6-7H,5,8-13H2,1-2H3,(H,17,20). The first-order valence-corrected chi connectivity index (χ1v) is 7.36. The van der Waals surface area contributed by atoms with Crippen LogP contribution < -0.4 is 5.32 Å². The summed E-state index contributed by atoms with van der Waals surface area (Å²) >= 11 is 0. The minimum absolute atomic E-state index is 0.142.